The van der Waals surface area contributed by atoms with Gasteiger partial charge in [0.1, 0.15) is 12.0 Å². The Hall–Kier alpha value is -3.30. The summed E-state index contributed by atoms with van der Waals surface area (Å²) >= 11 is 0.991. The number of fused-ring (bicyclic) bond motifs is 4. The minimum atomic E-state index is -1.95. The molecule has 6 rings (SSSR count). The van der Waals surface area contributed by atoms with Crippen molar-refractivity contribution >= 4 is 17.7 Å². The minimum absolute atomic E-state index is 0.150. The number of carbonyl (C=O) groups excluding carboxylic acids is 1. The third kappa shape index (κ3) is 3.07. The summed E-state index contributed by atoms with van der Waals surface area (Å²) in [7, 11) is 0. The molecular weight excluding hydrogens is 457 g/mol. The number of morpholine rings is 1. The molecule has 0 unspecified atom stereocenters. The first-order chi connectivity index (χ1) is 17.2. The summed E-state index contributed by atoms with van der Waals surface area (Å²) in [6.07, 6.45) is 0.797. The third-order valence-electron chi connectivity index (χ3n) is 6.53. The standard InChI is InChI=1S/C25H22FN3O4S/c1-14-11-33-12-21-28(14)25(32)23-24(31)19(30)8-9-27(23)29(21)22-17-7-6-16(26)10-15(17)13-34-20-5-3-2-4-18(20)22/h2-10,14,21-22,31H,11-13H2,1H3/t14-,21+,22-/m0/s1/i13D2. The Labute approximate surface area is 202 Å². The second kappa shape index (κ2) is 7.89. The molecule has 3 aliphatic heterocycles. The minimum Gasteiger partial charge on any atom is -0.502 e. The maximum absolute atomic E-state index is 14.4. The van der Waals surface area contributed by atoms with Gasteiger partial charge in [-0.3, -0.25) is 19.3 Å². The van der Waals surface area contributed by atoms with Crippen LogP contribution in [-0.4, -0.2) is 46.0 Å². The molecule has 0 saturated carbocycles. The molecule has 1 aromatic heterocycles. The van der Waals surface area contributed by atoms with Crippen LogP contribution in [-0.2, 0) is 10.4 Å². The van der Waals surface area contributed by atoms with E-state index in [-0.39, 0.29) is 30.5 Å². The Balaban J connectivity index is 1.69. The lowest BCUT2D eigenvalue weighted by Crippen LogP contribution is -2.68. The van der Waals surface area contributed by atoms with Gasteiger partial charge in [-0.2, -0.15) is 0 Å². The third-order valence-corrected chi connectivity index (χ3v) is 7.44. The molecule has 34 heavy (non-hydrogen) atoms. The van der Waals surface area contributed by atoms with Crippen molar-refractivity contribution in [1.29, 1.82) is 0 Å². The molecule has 0 bridgehead atoms. The van der Waals surface area contributed by atoms with Crippen molar-refractivity contribution in [2.45, 2.75) is 35.8 Å². The lowest BCUT2D eigenvalue weighted by Gasteiger charge is -2.53. The monoisotopic (exact) mass is 481 g/mol. The van der Waals surface area contributed by atoms with Gasteiger partial charge < -0.3 is 14.7 Å². The van der Waals surface area contributed by atoms with E-state index in [0.29, 0.717) is 10.5 Å². The van der Waals surface area contributed by atoms with Gasteiger partial charge >= 0.3 is 0 Å². The van der Waals surface area contributed by atoms with E-state index in [1.807, 2.05) is 36.2 Å². The van der Waals surface area contributed by atoms with Crippen LogP contribution in [0.3, 0.4) is 0 Å². The van der Waals surface area contributed by atoms with E-state index in [1.54, 1.807) is 11.0 Å². The summed E-state index contributed by atoms with van der Waals surface area (Å²) in [6.45, 7) is 2.27. The molecule has 7 nitrogen and oxygen atoms in total. The predicted octanol–water partition coefficient (Wildman–Crippen LogP) is 3.23. The maximum atomic E-state index is 14.4. The second-order valence-electron chi connectivity index (χ2n) is 8.56. The second-order valence-corrected chi connectivity index (χ2v) is 9.41. The van der Waals surface area contributed by atoms with Crippen molar-refractivity contribution in [2.75, 3.05) is 18.2 Å². The Morgan fingerprint density at radius 3 is 2.82 bits per heavy atom. The Bertz CT molecular complexity index is 1470. The van der Waals surface area contributed by atoms with E-state index < -0.39 is 40.8 Å². The summed E-state index contributed by atoms with van der Waals surface area (Å²) in [5.74, 6) is -1.71. The van der Waals surface area contributed by atoms with Crippen molar-refractivity contribution in [3.8, 4) is 5.75 Å². The van der Waals surface area contributed by atoms with E-state index in [0.717, 1.165) is 17.3 Å². The lowest BCUT2D eigenvalue weighted by molar-refractivity contribution is -0.0468. The zero-order chi connectivity index (χ0) is 25.4. The quantitative estimate of drug-likeness (QED) is 0.575. The molecule has 1 fully saturated rings. The molecule has 1 N–H and O–H groups in total. The fourth-order valence-electron chi connectivity index (χ4n) is 5.03. The number of pyridine rings is 1. The number of aromatic nitrogens is 1. The van der Waals surface area contributed by atoms with Crippen LogP contribution in [0.25, 0.3) is 0 Å². The number of aromatic hydroxyl groups is 1. The average Bonchev–Trinajstić information content (AvgIpc) is 2.93. The van der Waals surface area contributed by atoms with Crippen LogP contribution in [0.15, 0.2) is 64.4 Å². The summed E-state index contributed by atoms with van der Waals surface area (Å²) < 4.78 is 39.3. The summed E-state index contributed by atoms with van der Waals surface area (Å²) in [5, 5.41) is 12.5. The van der Waals surface area contributed by atoms with Crippen LogP contribution >= 0.6 is 11.8 Å². The molecule has 9 heteroatoms. The van der Waals surface area contributed by atoms with Gasteiger partial charge in [0.25, 0.3) is 5.91 Å². The number of nitrogens with zero attached hydrogens (tertiary/aromatic N) is 3. The molecule has 0 spiro atoms. The molecular formula is C25H22FN3O4S. The van der Waals surface area contributed by atoms with Gasteiger partial charge in [0.15, 0.2) is 11.4 Å². The smallest absolute Gasteiger partial charge is 0.278 e. The van der Waals surface area contributed by atoms with E-state index >= 15 is 0 Å². The van der Waals surface area contributed by atoms with Gasteiger partial charge in [-0.1, -0.05) is 24.3 Å². The molecule has 3 aromatic rings. The predicted molar refractivity (Wildman–Crippen MR) is 125 cm³/mol. The number of carbonyl (C=O) groups is 1. The van der Waals surface area contributed by atoms with E-state index in [1.165, 1.54) is 29.1 Å². The lowest BCUT2D eigenvalue weighted by atomic mass is 9.93. The molecule has 174 valence electrons. The SMILES string of the molecule is [2H]C1([2H])Sc2ccccc2[C@@H](N2[C@@H]3COC[C@H](C)N3C(=O)c3c(O)c(=O)ccn32)c2ccc(F)cc21. The van der Waals surface area contributed by atoms with E-state index in [4.69, 9.17) is 7.48 Å². The van der Waals surface area contributed by atoms with Gasteiger partial charge in [0.05, 0.1) is 25.3 Å². The largest absolute Gasteiger partial charge is 0.502 e. The maximum Gasteiger partial charge on any atom is 0.278 e. The molecule has 1 saturated heterocycles. The van der Waals surface area contributed by atoms with Crippen LogP contribution in [0, 0.1) is 5.82 Å². The molecule has 3 atom stereocenters. The number of hydrogen-bond acceptors (Lipinski definition) is 6. The van der Waals surface area contributed by atoms with Crippen molar-refractivity contribution in [3.63, 3.8) is 0 Å². The molecule has 0 radical (unpaired) electrons. The van der Waals surface area contributed by atoms with Crippen molar-refractivity contribution in [1.82, 2.24) is 9.58 Å². The van der Waals surface area contributed by atoms with Crippen molar-refractivity contribution in [3.05, 3.63) is 93.2 Å². The average molecular weight is 482 g/mol. The van der Waals surface area contributed by atoms with E-state index in [9.17, 15) is 19.1 Å². The van der Waals surface area contributed by atoms with Crippen LogP contribution in [0.1, 0.15) is 42.9 Å². The summed E-state index contributed by atoms with van der Waals surface area (Å²) in [5.41, 5.74) is -1.37. The fourth-order valence-corrected chi connectivity index (χ4v) is 5.87. The summed E-state index contributed by atoms with van der Waals surface area (Å²) in [4.78, 5) is 28.2. The number of ether oxygens (including phenoxy) is 1. The highest BCUT2D eigenvalue weighted by Crippen LogP contribution is 2.44. The first-order valence-corrected chi connectivity index (χ1v) is 11.7. The van der Waals surface area contributed by atoms with Gasteiger partial charge in [-0.25, -0.2) is 4.39 Å². The van der Waals surface area contributed by atoms with Gasteiger partial charge in [-0.15, -0.1) is 11.8 Å². The Morgan fingerprint density at radius 2 is 1.97 bits per heavy atom. The first-order valence-electron chi connectivity index (χ1n) is 11.9. The molecule has 0 aliphatic carbocycles. The van der Waals surface area contributed by atoms with Gasteiger partial charge in [-0.05, 0) is 41.8 Å². The topological polar surface area (TPSA) is 75.0 Å². The van der Waals surface area contributed by atoms with Crippen LogP contribution in [0.2, 0.25) is 0 Å². The number of hydrogen-bond donors (Lipinski definition) is 1. The normalized spacial score (nSPS) is 25.8. The number of benzene rings is 2. The molecule has 4 heterocycles. The Kier molecular flexibility index (Phi) is 4.42. The fraction of sp³-hybridized carbons (Fsp3) is 0.280. The van der Waals surface area contributed by atoms with Gasteiger partial charge in [0.2, 0.25) is 5.43 Å². The number of thioether (sulfide) groups is 1. The van der Waals surface area contributed by atoms with Gasteiger partial charge in [0, 0.05) is 25.6 Å². The Morgan fingerprint density at radius 1 is 1.15 bits per heavy atom. The van der Waals surface area contributed by atoms with Crippen LogP contribution in [0.5, 0.6) is 5.75 Å². The molecule has 2 aromatic carbocycles. The molecule has 3 aliphatic rings. The molecule has 1 amide bonds. The zero-order valence-corrected chi connectivity index (χ0v) is 19.0. The highest BCUT2D eigenvalue weighted by Gasteiger charge is 2.47. The zero-order valence-electron chi connectivity index (χ0n) is 20.1. The van der Waals surface area contributed by atoms with E-state index in [2.05, 4.69) is 0 Å². The van der Waals surface area contributed by atoms with Crippen molar-refractivity contribution < 1.29 is 21.8 Å². The highest BCUT2D eigenvalue weighted by atomic mass is 32.2. The number of rotatable bonds is 1. The highest BCUT2D eigenvalue weighted by molar-refractivity contribution is 7.98. The van der Waals surface area contributed by atoms with Crippen LogP contribution in [0.4, 0.5) is 4.39 Å². The van der Waals surface area contributed by atoms with Crippen LogP contribution < -0.4 is 10.4 Å². The van der Waals surface area contributed by atoms with Crippen molar-refractivity contribution in [2.24, 2.45) is 0 Å². The summed E-state index contributed by atoms with van der Waals surface area (Å²) in [6, 6.07) is 11.5. The number of halogens is 1. The number of amides is 1. The first kappa shape index (κ1) is 19.1.